The Hall–Kier alpha value is -0.990. The summed E-state index contributed by atoms with van der Waals surface area (Å²) in [6.45, 7) is 0. The normalized spacial score (nSPS) is 10.3. The molecule has 6 nitrogen and oxygen atoms in total. The van der Waals surface area contributed by atoms with Crippen LogP contribution in [0.1, 0.15) is 0 Å². The number of aromatic nitrogens is 6. The molecule has 0 saturated carbocycles. The summed E-state index contributed by atoms with van der Waals surface area (Å²) in [5.41, 5.74) is 0. The molecule has 0 unspecified atom stereocenters. The van der Waals surface area contributed by atoms with Crippen molar-refractivity contribution in [3.63, 3.8) is 0 Å². The van der Waals surface area contributed by atoms with Crippen LogP contribution in [0.5, 0.6) is 0 Å². The summed E-state index contributed by atoms with van der Waals surface area (Å²) in [4.78, 5) is 7.80. The summed E-state index contributed by atoms with van der Waals surface area (Å²) in [7, 11) is 0. The van der Waals surface area contributed by atoms with Crippen LogP contribution in [0.15, 0.2) is 12.7 Å². The Balaban J connectivity index is 2.45. The fourth-order valence-corrected chi connectivity index (χ4v) is 0.984. The van der Waals surface area contributed by atoms with Crippen molar-refractivity contribution in [2.45, 2.75) is 0 Å². The summed E-state index contributed by atoms with van der Waals surface area (Å²) in [6.07, 6.45) is 2.97. The van der Waals surface area contributed by atoms with Gasteiger partial charge in [-0.3, -0.25) is 5.10 Å². The third kappa shape index (κ3) is 1.23. The van der Waals surface area contributed by atoms with E-state index in [0.29, 0.717) is 5.95 Å². The van der Waals surface area contributed by atoms with E-state index in [0.717, 1.165) is 3.83 Å². The molecule has 0 radical (unpaired) electrons. The Morgan fingerprint density at radius 1 is 1.55 bits per heavy atom. The largest absolute Gasteiger partial charge is 0.271 e. The highest BCUT2D eigenvalue weighted by Gasteiger charge is 2.01. The minimum Gasteiger partial charge on any atom is -0.252 e. The number of nitrogens with one attached hydrogen (secondary N) is 1. The average Bonchev–Trinajstić information content (AvgIpc) is 2.55. The SMILES string of the molecule is Ic1nc(-n2cncn2)n[nH]1. The summed E-state index contributed by atoms with van der Waals surface area (Å²) in [6, 6.07) is 0. The molecule has 0 aliphatic heterocycles. The standard InChI is InChI=1S/C4H3IN6/c5-3-8-4(10-9-3)11-2-6-1-7-11/h1-2H,(H,8,9,10). The van der Waals surface area contributed by atoms with Crippen LogP contribution in [0, 0.1) is 3.83 Å². The molecule has 0 amide bonds. The van der Waals surface area contributed by atoms with E-state index in [-0.39, 0.29) is 0 Å². The molecule has 0 aliphatic rings. The molecule has 56 valence electrons. The van der Waals surface area contributed by atoms with Gasteiger partial charge < -0.3 is 0 Å². The molecule has 2 heterocycles. The van der Waals surface area contributed by atoms with Crippen molar-refractivity contribution in [1.29, 1.82) is 0 Å². The lowest BCUT2D eigenvalue weighted by molar-refractivity contribution is 0.812. The van der Waals surface area contributed by atoms with Gasteiger partial charge >= 0.3 is 0 Å². The number of hydrogen-bond acceptors (Lipinski definition) is 4. The van der Waals surface area contributed by atoms with Crippen molar-refractivity contribution in [3.8, 4) is 5.95 Å². The first-order valence-electron chi connectivity index (χ1n) is 2.79. The van der Waals surface area contributed by atoms with Crippen molar-refractivity contribution < 1.29 is 0 Å². The quantitative estimate of drug-likeness (QED) is 0.733. The van der Waals surface area contributed by atoms with Crippen molar-refractivity contribution in [2.75, 3.05) is 0 Å². The Kier molecular flexibility index (Phi) is 1.56. The van der Waals surface area contributed by atoms with E-state index < -0.39 is 0 Å². The second-order valence-electron chi connectivity index (χ2n) is 1.77. The monoisotopic (exact) mass is 262 g/mol. The van der Waals surface area contributed by atoms with Gasteiger partial charge in [0.1, 0.15) is 12.7 Å². The zero-order valence-corrected chi connectivity index (χ0v) is 7.43. The van der Waals surface area contributed by atoms with Gasteiger partial charge in [0.25, 0.3) is 5.95 Å². The van der Waals surface area contributed by atoms with E-state index in [1.165, 1.54) is 11.0 Å². The van der Waals surface area contributed by atoms with Gasteiger partial charge in [0.05, 0.1) is 0 Å². The third-order valence-electron chi connectivity index (χ3n) is 1.07. The van der Waals surface area contributed by atoms with E-state index in [4.69, 9.17) is 0 Å². The summed E-state index contributed by atoms with van der Waals surface area (Å²) in [5.74, 6) is 0.506. The molecule has 0 fully saturated rings. The smallest absolute Gasteiger partial charge is 0.252 e. The molecule has 2 aromatic rings. The van der Waals surface area contributed by atoms with Crippen molar-refractivity contribution in [1.82, 2.24) is 29.9 Å². The molecule has 7 heteroatoms. The number of H-pyrrole nitrogens is 1. The number of hydrogen-bond donors (Lipinski definition) is 1. The fourth-order valence-electron chi connectivity index (χ4n) is 0.648. The molecular formula is C4H3IN6. The van der Waals surface area contributed by atoms with Gasteiger partial charge in [-0.25, -0.2) is 4.98 Å². The van der Waals surface area contributed by atoms with E-state index >= 15 is 0 Å². The first kappa shape index (κ1) is 6.70. The number of halogens is 1. The van der Waals surface area contributed by atoms with Crippen LogP contribution >= 0.6 is 22.6 Å². The van der Waals surface area contributed by atoms with Crippen LogP contribution in [0.3, 0.4) is 0 Å². The van der Waals surface area contributed by atoms with Gasteiger partial charge in [-0.15, -0.1) is 5.10 Å². The van der Waals surface area contributed by atoms with Gasteiger partial charge in [-0.2, -0.15) is 14.8 Å². The molecule has 1 N–H and O–H groups in total. The lowest BCUT2D eigenvalue weighted by atomic mass is 11.0. The fraction of sp³-hybridized carbons (Fsp3) is 0. The maximum absolute atomic E-state index is 4.03. The highest BCUT2D eigenvalue weighted by molar-refractivity contribution is 14.1. The first-order chi connectivity index (χ1) is 5.36. The lowest BCUT2D eigenvalue weighted by Gasteiger charge is -1.86. The summed E-state index contributed by atoms with van der Waals surface area (Å²) in [5, 5.41) is 10.4. The predicted octanol–water partition coefficient (Wildman–Crippen LogP) is -0.0100. The van der Waals surface area contributed by atoms with Gasteiger partial charge in [-0.05, 0) is 0 Å². The molecule has 2 rings (SSSR count). The van der Waals surface area contributed by atoms with Crippen molar-refractivity contribution in [2.24, 2.45) is 0 Å². The van der Waals surface area contributed by atoms with Crippen LogP contribution in [0.2, 0.25) is 0 Å². The highest BCUT2D eigenvalue weighted by atomic mass is 127. The molecule has 2 aromatic heterocycles. The van der Waals surface area contributed by atoms with Crippen molar-refractivity contribution in [3.05, 3.63) is 16.5 Å². The Bertz CT molecular complexity index is 337. The Morgan fingerprint density at radius 3 is 3.00 bits per heavy atom. The van der Waals surface area contributed by atoms with Gasteiger partial charge in [-0.1, -0.05) is 0 Å². The average molecular weight is 262 g/mol. The third-order valence-corrected chi connectivity index (χ3v) is 1.55. The van der Waals surface area contributed by atoms with Crippen LogP contribution < -0.4 is 0 Å². The maximum atomic E-state index is 4.03. The second-order valence-corrected chi connectivity index (χ2v) is 2.79. The molecular weight excluding hydrogens is 259 g/mol. The second kappa shape index (κ2) is 2.57. The summed E-state index contributed by atoms with van der Waals surface area (Å²) < 4.78 is 2.21. The van der Waals surface area contributed by atoms with Crippen LogP contribution in [0.25, 0.3) is 5.95 Å². The molecule has 0 saturated heterocycles. The van der Waals surface area contributed by atoms with Gasteiger partial charge in [0, 0.05) is 22.6 Å². The zero-order chi connectivity index (χ0) is 7.68. The minimum absolute atomic E-state index is 0.506. The van der Waals surface area contributed by atoms with E-state index in [2.05, 4.69) is 25.3 Å². The van der Waals surface area contributed by atoms with Crippen LogP contribution in [0.4, 0.5) is 0 Å². The minimum atomic E-state index is 0.506. The number of rotatable bonds is 1. The summed E-state index contributed by atoms with van der Waals surface area (Å²) >= 11 is 2.03. The van der Waals surface area contributed by atoms with E-state index in [1.54, 1.807) is 6.33 Å². The van der Waals surface area contributed by atoms with Crippen molar-refractivity contribution >= 4 is 22.6 Å². The topological polar surface area (TPSA) is 72.3 Å². The lowest BCUT2D eigenvalue weighted by Crippen LogP contribution is -1.96. The molecule has 0 atom stereocenters. The predicted molar refractivity (Wildman–Crippen MR) is 44.0 cm³/mol. The van der Waals surface area contributed by atoms with Crippen LogP contribution in [-0.4, -0.2) is 29.9 Å². The van der Waals surface area contributed by atoms with E-state index in [1.807, 2.05) is 22.6 Å². The maximum Gasteiger partial charge on any atom is 0.271 e. The number of aromatic amines is 1. The highest BCUT2D eigenvalue weighted by Crippen LogP contribution is 1.98. The molecule has 0 spiro atoms. The molecule has 0 bridgehead atoms. The van der Waals surface area contributed by atoms with E-state index in [9.17, 15) is 0 Å². The van der Waals surface area contributed by atoms with Gasteiger partial charge in [0.15, 0.2) is 3.83 Å². The zero-order valence-electron chi connectivity index (χ0n) is 5.27. The molecule has 0 aromatic carbocycles. The molecule has 11 heavy (non-hydrogen) atoms. The molecule has 0 aliphatic carbocycles. The first-order valence-corrected chi connectivity index (χ1v) is 3.87. The number of nitrogens with zero attached hydrogens (tertiary/aromatic N) is 5. The van der Waals surface area contributed by atoms with Crippen LogP contribution in [-0.2, 0) is 0 Å². The van der Waals surface area contributed by atoms with Gasteiger partial charge in [0.2, 0.25) is 0 Å². The Labute approximate surface area is 75.2 Å². The Morgan fingerprint density at radius 2 is 2.45 bits per heavy atom.